The van der Waals surface area contributed by atoms with E-state index in [0.29, 0.717) is 12.8 Å². The molecule has 0 saturated carbocycles. The van der Waals surface area contributed by atoms with Gasteiger partial charge in [-0.2, -0.15) is 13.2 Å². The van der Waals surface area contributed by atoms with Crippen LogP contribution in [0, 0.1) is 0 Å². The van der Waals surface area contributed by atoms with Gasteiger partial charge in [0.05, 0.1) is 11.0 Å². The van der Waals surface area contributed by atoms with Crippen molar-refractivity contribution in [1.29, 1.82) is 0 Å². The number of rotatable bonds is 2. The lowest BCUT2D eigenvalue weighted by Crippen LogP contribution is -2.41. The third-order valence-electron chi connectivity index (χ3n) is 4.16. The van der Waals surface area contributed by atoms with Crippen molar-refractivity contribution in [3.63, 3.8) is 0 Å². The molecule has 2 heterocycles. The van der Waals surface area contributed by atoms with Crippen LogP contribution >= 0.6 is 0 Å². The van der Waals surface area contributed by atoms with E-state index in [4.69, 9.17) is 0 Å². The van der Waals surface area contributed by atoms with Crippen LogP contribution in [0.2, 0.25) is 0 Å². The number of carbonyl (C=O) groups excluding carboxylic acids is 1. The molecule has 1 fully saturated rings. The molecule has 2 aromatic rings. The number of nitrogens with zero attached hydrogens (tertiary/aromatic N) is 2. The molecule has 124 valence electrons. The smallest absolute Gasteiger partial charge is 0.342 e. The second-order valence-corrected chi connectivity index (χ2v) is 5.72. The fraction of sp³-hybridized carbons (Fsp3) is 0.467. The van der Waals surface area contributed by atoms with Crippen molar-refractivity contribution in [2.45, 2.75) is 31.5 Å². The number of piperidine rings is 1. The van der Waals surface area contributed by atoms with Gasteiger partial charge < -0.3 is 9.88 Å². The number of carbonyl (C=O) groups is 1. The summed E-state index contributed by atoms with van der Waals surface area (Å²) >= 11 is 0. The Morgan fingerprint density at radius 2 is 1.87 bits per heavy atom. The molecule has 8 heteroatoms. The van der Waals surface area contributed by atoms with Crippen molar-refractivity contribution in [3.05, 3.63) is 34.7 Å². The summed E-state index contributed by atoms with van der Waals surface area (Å²) in [6.45, 7) is 0.455. The zero-order valence-corrected chi connectivity index (χ0v) is 12.3. The summed E-state index contributed by atoms with van der Waals surface area (Å²) in [4.78, 5) is 27.7. The molecular weight excluding hydrogens is 311 g/mol. The Labute approximate surface area is 129 Å². The number of hydrogen-bond acceptors (Lipinski definition) is 2. The van der Waals surface area contributed by atoms with E-state index in [1.807, 2.05) is 18.2 Å². The molecule has 0 bridgehead atoms. The number of nitrogens with one attached hydrogen (secondary N) is 1. The summed E-state index contributed by atoms with van der Waals surface area (Å²) in [7, 11) is 0. The Hall–Kier alpha value is -2.25. The Morgan fingerprint density at radius 1 is 1.22 bits per heavy atom. The number of para-hydroxylation sites is 2. The van der Waals surface area contributed by atoms with Crippen molar-refractivity contribution in [3.8, 4) is 0 Å². The molecule has 0 spiro atoms. The van der Waals surface area contributed by atoms with Gasteiger partial charge in [-0.15, -0.1) is 0 Å². The normalized spacial score (nSPS) is 16.9. The van der Waals surface area contributed by atoms with Gasteiger partial charge in [0, 0.05) is 19.1 Å². The van der Waals surface area contributed by atoms with E-state index in [-0.39, 0.29) is 24.8 Å². The number of H-pyrrole nitrogens is 1. The van der Waals surface area contributed by atoms with Crippen LogP contribution < -0.4 is 5.69 Å². The highest BCUT2D eigenvalue weighted by Gasteiger charge is 2.35. The van der Waals surface area contributed by atoms with Gasteiger partial charge in [-0.25, -0.2) is 4.79 Å². The summed E-state index contributed by atoms with van der Waals surface area (Å²) in [5.41, 5.74) is 1.27. The van der Waals surface area contributed by atoms with E-state index in [0.717, 1.165) is 11.0 Å². The lowest BCUT2D eigenvalue weighted by atomic mass is 10.0. The summed E-state index contributed by atoms with van der Waals surface area (Å²) in [6.07, 6.45) is -4.98. The van der Waals surface area contributed by atoms with Crippen LogP contribution in [0.4, 0.5) is 13.2 Å². The first-order valence-corrected chi connectivity index (χ1v) is 7.39. The first kappa shape index (κ1) is 15.6. The third-order valence-corrected chi connectivity index (χ3v) is 4.16. The zero-order valence-electron chi connectivity index (χ0n) is 12.3. The molecule has 1 aromatic heterocycles. The van der Waals surface area contributed by atoms with Crippen LogP contribution in [0.3, 0.4) is 0 Å². The van der Waals surface area contributed by atoms with Crippen LogP contribution in [-0.2, 0) is 4.79 Å². The average Bonchev–Trinajstić information content (AvgIpc) is 2.81. The van der Waals surface area contributed by atoms with Crippen molar-refractivity contribution < 1.29 is 18.0 Å². The van der Waals surface area contributed by atoms with Crippen LogP contribution in [0.15, 0.2) is 29.1 Å². The van der Waals surface area contributed by atoms with E-state index in [9.17, 15) is 22.8 Å². The van der Waals surface area contributed by atoms with Crippen LogP contribution in [0.1, 0.15) is 25.3 Å². The summed E-state index contributed by atoms with van der Waals surface area (Å²) in [5.74, 6) is -0.901. The molecule has 1 saturated heterocycles. The topological polar surface area (TPSA) is 58.1 Å². The monoisotopic (exact) mass is 327 g/mol. The van der Waals surface area contributed by atoms with E-state index >= 15 is 0 Å². The van der Waals surface area contributed by atoms with Crippen LogP contribution in [0.5, 0.6) is 0 Å². The maximum absolute atomic E-state index is 12.3. The minimum absolute atomic E-state index is 0.117. The summed E-state index contributed by atoms with van der Waals surface area (Å²) in [5, 5.41) is 0. The van der Waals surface area contributed by atoms with Gasteiger partial charge >= 0.3 is 11.9 Å². The number of likely N-dealkylation sites (tertiary alicyclic amines) is 1. The molecule has 5 nitrogen and oxygen atoms in total. The van der Waals surface area contributed by atoms with Crippen molar-refractivity contribution >= 4 is 16.9 Å². The van der Waals surface area contributed by atoms with Gasteiger partial charge in [-0.05, 0) is 25.0 Å². The highest BCUT2D eigenvalue weighted by atomic mass is 19.4. The maximum atomic E-state index is 12.3. The zero-order chi connectivity index (χ0) is 16.6. The summed E-state index contributed by atoms with van der Waals surface area (Å²) < 4.78 is 38.5. The van der Waals surface area contributed by atoms with E-state index in [1.165, 1.54) is 4.90 Å². The standard InChI is InChI=1S/C15H16F3N3O2/c16-15(17,18)9-13(22)20-7-5-10(6-8-20)21-12-4-2-1-3-11(12)19-14(21)23/h1-4,10H,5-9H2,(H,19,23). The summed E-state index contributed by atoms with van der Waals surface area (Å²) in [6, 6.07) is 7.16. The number of aromatic amines is 1. The van der Waals surface area contributed by atoms with E-state index in [2.05, 4.69) is 4.98 Å². The maximum Gasteiger partial charge on any atom is 0.397 e. The van der Waals surface area contributed by atoms with Crippen LogP contribution in [0.25, 0.3) is 11.0 Å². The molecule has 1 aliphatic heterocycles. The van der Waals surface area contributed by atoms with Crippen LogP contribution in [-0.4, -0.2) is 39.6 Å². The lowest BCUT2D eigenvalue weighted by Gasteiger charge is -2.32. The van der Waals surface area contributed by atoms with Crippen molar-refractivity contribution in [2.75, 3.05) is 13.1 Å². The number of fused-ring (bicyclic) bond motifs is 1. The fourth-order valence-corrected chi connectivity index (χ4v) is 3.09. The quantitative estimate of drug-likeness (QED) is 0.921. The molecule has 1 aliphatic rings. The van der Waals surface area contributed by atoms with Gasteiger partial charge in [-0.1, -0.05) is 12.1 Å². The first-order valence-electron chi connectivity index (χ1n) is 7.39. The molecule has 0 radical (unpaired) electrons. The predicted octanol–water partition coefficient (Wildman–Crippen LogP) is 2.45. The highest BCUT2D eigenvalue weighted by Crippen LogP contribution is 2.27. The number of alkyl halides is 3. The van der Waals surface area contributed by atoms with Gasteiger partial charge in [-0.3, -0.25) is 9.36 Å². The predicted molar refractivity (Wildman–Crippen MR) is 78.1 cm³/mol. The van der Waals surface area contributed by atoms with Gasteiger partial charge in [0.25, 0.3) is 0 Å². The molecule has 1 amide bonds. The number of benzene rings is 1. The Morgan fingerprint density at radius 3 is 2.52 bits per heavy atom. The van der Waals surface area contributed by atoms with Crippen molar-refractivity contribution in [1.82, 2.24) is 14.5 Å². The van der Waals surface area contributed by atoms with Gasteiger partial charge in [0.2, 0.25) is 5.91 Å². The highest BCUT2D eigenvalue weighted by molar-refractivity contribution is 5.77. The molecule has 1 N–H and O–H groups in total. The molecule has 23 heavy (non-hydrogen) atoms. The number of hydrogen-bond donors (Lipinski definition) is 1. The Balaban J connectivity index is 1.73. The molecule has 3 rings (SSSR count). The number of aromatic nitrogens is 2. The fourth-order valence-electron chi connectivity index (χ4n) is 3.09. The molecule has 0 aliphatic carbocycles. The minimum Gasteiger partial charge on any atom is -0.342 e. The number of halogens is 3. The number of amides is 1. The number of imidazole rings is 1. The van der Waals surface area contributed by atoms with Crippen molar-refractivity contribution in [2.24, 2.45) is 0 Å². The average molecular weight is 327 g/mol. The lowest BCUT2D eigenvalue weighted by molar-refractivity contribution is -0.162. The molecular formula is C15H16F3N3O2. The second kappa shape index (κ2) is 5.75. The van der Waals surface area contributed by atoms with Gasteiger partial charge in [0.15, 0.2) is 0 Å². The Kier molecular flexibility index (Phi) is 3.91. The third kappa shape index (κ3) is 3.25. The second-order valence-electron chi connectivity index (χ2n) is 5.72. The molecule has 0 atom stereocenters. The molecule has 1 aromatic carbocycles. The SMILES string of the molecule is O=C(CC(F)(F)F)N1CCC(n2c(=O)[nH]c3ccccc32)CC1. The minimum atomic E-state index is -4.48. The Bertz CT molecular complexity index is 770. The van der Waals surface area contributed by atoms with E-state index < -0.39 is 18.5 Å². The molecule has 0 unspecified atom stereocenters. The van der Waals surface area contributed by atoms with Gasteiger partial charge in [0.1, 0.15) is 6.42 Å². The first-order chi connectivity index (χ1) is 10.8. The largest absolute Gasteiger partial charge is 0.397 e. The van der Waals surface area contributed by atoms with E-state index in [1.54, 1.807) is 10.6 Å².